The van der Waals surface area contributed by atoms with Crippen molar-refractivity contribution < 1.29 is 4.42 Å². The lowest BCUT2D eigenvalue weighted by molar-refractivity contribution is 0.668. The summed E-state index contributed by atoms with van der Waals surface area (Å²) < 4.78 is 9.20. The SMILES string of the molecule is c1ccc(-c2nc(-c3ccccc3)c3oc4c(-c5ccc6c7cccc8c9ccccc9n(c6c5)c87)cccc4c3n2)cc1. The van der Waals surface area contributed by atoms with Gasteiger partial charge in [0.1, 0.15) is 16.8 Å². The number of para-hydroxylation sites is 3. The van der Waals surface area contributed by atoms with Gasteiger partial charge in [-0.1, -0.05) is 121 Å². The normalized spacial score (nSPS) is 12.1. The van der Waals surface area contributed by atoms with Crippen molar-refractivity contribution in [3.05, 3.63) is 140 Å². The molecule has 0 spiro atoms. The number of aromatic nitrogens is 3. The molecule has 204 valence electrons. The zero-order chi connectivity index (χ0) is 28.8. The Bertz CT molecular complexity index is 2700. The number of hydrogen-bond acceptors (Lipinski definition) is 3. The minimum absolute atomic E-state index is 0.684. The Labute approximate surface area is 251 Å². The van der Waals surface area contributed by atoms with Gasteiger partial charge in [-0.2, -0.15) is 0 Å². The van der Waals surface area contributed by atoms with E-state index in [1.165, 1.54) is 38.1 Å². The van der Waals surface area contributed by atoms with Crippen LogP contribution in [-0.2, 0) is 0 Å². The van der Waals surface area contributed by atoms with Crippen LogP contribution in [-0.4, -0.2) is 14.4 Å². The monoisotopic (exact) mass is 561 g/mol. The Kier molecular flexibility index (Phi) is 4.69. The van der Waals surface area contributed by atoms with Gasteiger partial charge in [0.05, 0.1) is 16.6 Å². The standard InChI is InChI=1S/C40H23N3O/c1-3-11-24(12-4-1)35-39-36(42-40(41-35)25-13-5-2-6-14-25)32-19-9-16-27(38(32)44-39)26-21-22-29-31-18-10-17-30-28-15-7-8-20-33(28)43(37(30)31)34(29)23-26/h1-23H. The molecule has 10 rings (SSSR count). The fourth-order valence-corrected chi connectivity index (χ4v) is 7.00. The Morgan fingerprint density at radius 3 is 1.93 bits per heavy atom. The molecule has 6 aromatic carbocycles. The van der Waals surface area contributed by atoms with E-state index < -0.39 is 0 Å². The summed E-state index contributed by atoms with van der Waals surface area (Å²) in [6, 6.07) is 48.8. The highest BCUT2D eigenvalue weighted by atomic mass is 16.3. The van der Waals surface area contributed by atoms with E-state index in [1.807, 2.05) is 48.5 Å². The first-order valence-corrected chi connectivity index (χ1v) is 14.8. The smallest absolute Gasteiger partial charge is 0.180 e. The summed E-state index contributed by atoms with van der Waals surface area (Å²) in [5.74, 6) is 0.684. The first kappa shape index (κ1) is 23.6. The lowest BCUT2D eigenvalue weighted by Crippen LogP contribution is -1.93. The fraction of sp³-hybridized carbons (Fsp3) is 0. The molecule has 4 heteroatoms. The van der Waals surface area contributed by atoms with E-state index in [1.54, 1.807) is 0 Å². The van der Waals surface area contributed by atoms with Crippen LogP contribution >= 0.6 is 0 Å². The highest BCUT2D eigenvalue weighted by Crippen LogP contribution is 2.43. The van der Waals surface area contributed by atoms with Gasteiger partial charge in [0.15, 0.2) is 11.4 Å². The molecule has 4 heterocycles. The van der Waals surface area contributed by atoms with E-state index in [9.17, 15) is 0 Å². The van der Waals surface area contributed by atoms with Gasteiger partial charge in [0.25, 0.3) is 0 Å². The van der Waals surface area contributed by atoms with E-state index in [-0.39, 0.29) is 0 Å². The van der Waals surface area contributed by atoms with Crippen LogP contribution in [0.1, 0.15) is 0 Å². The summed E-state index contributed by atoms with van der Waals surface area (Å²) in [6.07, 6.45) is 0. The molecule has 10 aromatic rings. The maximum atomic E-state index is 6.78. The van der Waals surface area contributed by atoms with E-state index in [2.05, 4.69) is 95.4 Å². The van der Waals surface area contributed by atoms with Crippen LogP contribution in [0.5, 0.6) is 0 Å². The summed E-state index contributed by atoms with van der Waals surface area (Å²) in [4.78, 5) is 10.1. The molecule has 0 amide bonds. The van der Waals surface area contributed by atoms with E-state index >= 15 is 0 Å². The second-order valence-corrected chi connectivity index (χ2v) is 11.4. The van der Waals surface area contributed by atoms with Gasteiger partial charge in [-0.3, -0.25) is 0 Å². The Balaban J connectivity index is 1.27. The zero-order valence-electron chi connectivity index (χ0n) is 23.5. The van der Waals surface area contributed by atoms with E-state index in [4.69, 9.17) is 14.4 Å². The first-order chi connectivity index (χ1) is 21.8. The molecular formula is C40H23N3O. The van der Waals surface area contributed by atoms with E-state index in [0.717, 1.165) is 44.4 Å². The molecular weight excluding hydrogens is 538 g/mol. The van der Waals surface area contributed by atoms with Crippen molar-refractivity contribution in [3.63, 3.8) is 0 Å². The number of furan rings is 1. The molecule has 0 N–H and O–H groups in total. The second-order valence-electron chi connectivity index (χ2n) is 11.4. The second kappa shape index (κ2) is 8.76. The molecule has 0 radical (unpaired) electrons. The molecule has 0 aliphatic heterocycles. The summed E-state index contributed by atoms with van der Waals surface area (Å²) in [7, 11) is 0. The third-order valence-corrected chi connectivity index (χ3v) is 8.95. The molecule has 0 fully saturated rings. The predicted octanol–water partition coefficient (Wildman–Crippen LogP) is 10.5. The Morgan fingerprint density at radius 1 is 0.455 bits per heavy atom. The van der Waals surface area contributed by atoms with Crippen molar-refractivity contribution >= 4 is 60.2 Å². The molecule has 0 atom stereocenters. The van der Waals surface area contributed by atoms with Crippen LogP contribution in [0.15, 0.2) is 144 Å². The molecule has 4 aromatic heterocycles. The van der Waals surface area contributed by atoms with E-state index in [0.29, 0.717) is 11.4 Å². The van der Waals surface area contributed by atoms with Crippen molar-refractivity contribution in [2.75, 3.05) is 0 Å². The van der Waals surface area contributed by atoms with Crippen LogP contribution in [0.4, 0.5) is 0 Å². The minimum atomic E-state index is 0.684. The van der Waals surface area contributed by atoms with Crippen LogP contribution in [0.25, 0.3) is 93.9 Å². The number of rotatable bonds is 3. The molecule has 0 saturated heterocycles. The summed E-state index contributed by atoms with van der Waals surface area (Å²) in [5.41, 5.74) is 10.9. The third-order valence-electron chi connectivity index (χ3n) is 8.95. The first-order valence-electron chi connectivity index (χ1n) is 14.8. The van der Waals surface area contributed by atoms with Crippen molar-refractivity contribution in [1.82, 2.24) is 14.4 Å². The van der Waals surface area contributed by atoms with Gasteiger partial charge in [0, 0.05) is 43.6 Å². The summed E-state index contributed by atoms with van der Waals surface area (Å²) in [6.45, 7) is 0. The number of fused-ring (bicyclic) bond motifs is 9. The molecule has 0 bridgehead atoms. The zero-order valence-corrected chi connectivity index (χ0v) is 23.5. The number of nitrogens with zero attached hydrogens (tertiary/aromatic N) is 3. The fourth-order valence-electron chi connectivity index (χ4n) is 7.00. The molecule has 0 saturated carbocycles. The molecule has 44 heavy (non-hydrogen) atoms. The van der Waals surface area contributed by atoms with Gasteiger partial charge >= 0.3 is 0 Å². The maximum absolute atomic E-state index is 6.78. The van der Waals surface area contributed by atoms with Crippen LogP contribution in [0.2, 0.25) is 0 Å². The largest absolute Gasteiger partial charge is 0.451 e. The third kappa shape index (κ3) is 3.17. The predicted molar refractivity (Wildman–Crippen MR) is 180 cm³/mol. The number of benzene rings is 6. The minimum Gasteiger partial charge on any atom is -0.451 e. The van der Waals surface area contributed by atoms with Crippen LogP contribution in [0, 0.1) is 0 Å². The maximum Gasteiger partial charge on any atom is 0.180 e. The number of hydrogen-bond donors (Lipinski definition) is 0. The highest BCUT2D eigenvalue weighted by molar-refractivity contribution is 6.23. The van der Waals surface area contributed by atoms with Crippen LogP contribution in [0.3, 0.4) is 0 Å². The Hall–Kier alpha value is -6.00. The summed E-state index contributed by atoms with van der Waals surface area (Å²) >= 11 is 0. The molecule has 0 aliphatic rings. The topological polar surface area (TPSA) is 43.3 Å². The quantitative estimate of drug-likeness (QED) is 0.215. The van der Waals surface area contributed by atoms with Gasteiger partial charge in [0.2, 0.25) is 0 Å². The van der Waals surface area contributed by atoms with Crippen molar-refractivity contribution in [2.45, 2.75) is 0 Å². The lowest BCUT2D eigenvalue weighted by atomic mass is 10.0. The van der Waals surface area contributed by atoms with Crippen molar-refractivity contribution in [2.24, 2.45) is 0 Å². The van der Waals surface area contributed by atoms with Gasteiger partial charge < -0.3 is 8.82 Å². The molecule has 0 unspecified atom stereocenters. The van der Waals surface area contributed by atoms with Crippen LogP contribution < -0.4 is 0 Å². The lowest BCUT2D eigenvalue weighted by Gasteiger charge is -2.05. The molecule has 0 aliphatic carbocycles. The Morgan fingerprint density at radius 2 is 1.11 bits per heavy atom. The van der Waals surface area contributed by atoms with Gasteiger partial charge in [-0.15, -0.1) is 0 Å². The van der Waals surface area contributed by atoms with Crippen molar-refractivity contribution in [3.8, 4) is 33.8 Å². The van der Waals surface area contributed by atoms with Gasteiger partial charge in [-0.25, -0.2) is 9.97 Å². The van der Waals surface area contributed by atoms with Gasteiger partial charge in [-0.05, 0) is 23.8 Å². The average Bonchev–Trinajstić information content (AvgIpc) is 3.75. The highest BCUT2D eigenvalue weighted by Gasteiger charge is 2.21. The van der Waals surface area contributed by atoms with Crippen molar-refractivity contribution in [1.29, 1.82) is 0 Å². The summed E-state index contributed by atoms with van der Waals surface area (Å²) in [5, 5.41) is 6.07. The molecule has 4 nitrogen and oxygen atoms in total. The average molecular weight is 562 g/mol.